The second-order valence-corrected chi connectivity index (χ2v) is 3.39. The fourth-order valence-corrected chi connectivity index (χ4v) is 1.39. The van der Waals surface area contributed by atoms with Crippen molar-refractivity contribution in [3.8, 4) is 0 Å². The number of hydrogen-bond acceptors (Lipinski definition) is 4. The molecule has 0 radical (unpaired) electrons. The third-order valence-corrected chi connectivity index (χ3v) is 2.29. The highest BCUT2D eigenvalue weighted by Crippen LogP contribution is 2.18. The van der Waals surface area contributed by atoms with E-state index in [-0.39, 0.29) is 18.3 Å². The van der Waals surface area contributed by atoms with Crippen LogP contribution in [-0.2, 0) is 9.53 Å². The van der Waals surface area contributed by atoms with Gasteiger partial charge < -0.3 is 20.6 Å². The van der Waals surface area contributed by atoms with Gasteiger partial charge in [-0.1, -0.05) is 17.3 Å². The highest BCUT2D eigenvalue weighted by atomic mass is 16.5. The second-order valence-electron chi connectivity index (χ2n) is 3.39. The van der Waals surface area contributed by atoms with Crippen LogP contribution >= 0.6 is 0 Å². The van der Waals surface area contributed by atoms with Gasteiger partial charge in [0.1, 0.15) is 6.61 Å². The van der Waals surface area contributed by atoms with Gasteiger partial charge in [-0.05, 0) is 12.1 Å². The first-order valence-electron chi connectivity index (χ1n) is 4.94. The predicted octanol–water partition coefficient (Wildman–Crippen LogP) is 0.390. The third-order valence-electron chi connectivity index (χ3n) is 2.29. The number of benzene rings is 1. The summed E-state index contributed by atoms with van der Waals surface area (Å²) in [6.45, 7) is -0.0268. The molecule has 1 rings (SSSR count). The molecule has 0 aromatic heterocycles. The fraction of sp³-hybridized carbons (Fsp3) is 0.273. The number of oxime groups is 1. The van der Waals surface area contributed by atoms with Crippen LogP contribution in [0.25, 0.3) is 0 Å². The molecule has 0 aliphatic carbocycles. The van der Waals surface area contributed by atoms with Gasteiger partial charge in [0.25, 0.3) is 5.91 Å². The smallest absolute Gasteiger partial charge is 0.252 e. The van der Waals surface area contributed by atoms with Crippen molar-refractivity contribution in [1.29, 1.82) is 0 Å². The Morgan fingerprint density at radius 2 is 2.18 bits per heavy atom. The van der Waals surface area contributed by atoms with Gasteiger partial charge in [-0.2, -0.15) is 0 Å². The maximum atomic E-state index is 11.7. The average Bonchev–Trinajstić information content (AvgIpc) is 2.37. The number of carbonyl (C=O) groups is 1. The number of para-hydroxylation sites is 1. The lowest BCUT2D eigenvalue weighted by Gasteiger charge is -2.19. The maximum absolute atomic E-state index is 11.7. The second kappa shape index (κ2) is 5.86. The molecule has 0 atom stereocenters. The van der Waals surface area contributed by atoms with Crippen molar-refractivity contribution in [2.24, 2.45) is 10.9 Å². The van der Waals surface area contributed by atoms with Gasteiger partial charge in [0.2, 0.25) is 0 Å². The van der Waals surface area contributed by atoms with Crippen LogP contribution in [0.15, 0.2) is 29.4 Å². The van der Waals surface area contributed by atoms with Gasteiger partial charge in [0.05, 0.1) is 5.69 Å². The molecule has 0 heterocycles. The van der Waals surface area contributed by atoms with Crippen LogP contribution in [0.4, 0.5) is 5.69 Å². The Labute approximate surface area is 99.3 Å². The molecule has 0 fully saturated rings. The van der Waals surface area contributed by atoms with Crippen molar-refractivity contribution in [1.82, 2.24) is 0 Å². The largest absolute Gasteiger partial charge is 0.409 e. The Balaban J connectivity index is 3.09. The van der Waals surface area contributed by atoms with Crippen molar-refractivity contribution in [3.05, 3.63) is 29.8 Å². The monoisotopic (exact) mass is 237 g/mol. The molecule has 6 nitrogen and oxygen atoms in total. The predicted molar refractivity (Wildman–Crippen MR) is 64.2 cm³/mol. The lowest BCUT2D eigenvalue weighted by molar-refractivity contribution is -0.121. The first-order chi connectivity index (χ1) is 8.11. The number of amides is 1. The van der Waals surface area contributed by atoms with E-state index in [1.807, 2.05) is 0 Å². The number of methoxy groups -OCH3 is 1. The molecule has 1 aromatic carbocycles. The highest BCUT2D eigenvalue weighted by molar-refractivity contribution is 6.06. The number of anilines is 1. The minimum absolute atomic E-state index is 0.0268. The first kappa shape index (κ1) is 13.0. The zero-order valence-corrected chi connectivity index (χ0v) is 9.75. The van der Waals surface area contributed by atoms with Gasteiger partial charge in [-0.15, -0.1) is 0 Å². The van der Waals surface area contributed by atoms with Crippen LogP contribution in [-0.4, -0.2) is 37.7 Å². The zero-order chi connectivity index (χ0) is 12.8. The van der Waals surface area contributed by atoms with E-state index in [9.17, 15) is 4.79 Å². The molecule has 0 unspecified atom stereocenters. The molecule has 17 heavy (non-hydrogen) atoms. The van der Waals surface area contributed by atoms with Gasteiger partial charge >= 0.3 is 0 Å². The summed E-state index contributed by atoms with van der Waals surface area (Å²) in [7, 11) is 3.05. The molecule has 1 amide bonds. The molecule has 3 N–H and O–H groups in total. The van der Waals surface area contributed by atoms with Crippen LogP contribution in [0, 0.1) is 0 Å². The number of carbonyl (C=O) groups excluding carboxylic acids is 1. The normalized spacial score (nSPS) is 11.3. The summed E-state index contributed by atoms with van der Waals surface area (Å²) in [4.78, 5) is 13.1. The number of amidine groups is 1. The summed E-state index contributed by atoms with van der Waals surface area (Å²) >= 11 is 0. The summed E-state index contributed by atoms with van der Waals surface area (Å²) in [5, 5.41) is 11.6. The third kappa shape index (κ3) is 2.94. The van der Waals surface area contributed by atoms with E-state index >= 15 is 0 Å². The lowest BCUT2D eigenvalue weighted by Crippen LogP contribution is -2.31. The standard InChI is InChI=1S/C11H15N3O3/c1-14(10(15)7-17-2)9-6-4-3-5-8(9)11(12)13-16/h3-6,16H,7H2,1-2H3,(H2,12,13). The molecule has 0 aliphatic heterocycles. The average molecular weight is 237 g/mol. The SMILES string of the molecule is COCC(=O)N(C)c1ccccc1/C(N)=N/O. The Morgan fingerprint density at radius 3 is 2.76 bits per heavy atom. The van der Waals surface area contributed by atoms with Gasteiger partial charge in [-0.3, -0.25) is 4.79 Å². The minimum atomic E-state index is -0.217. The van der Waals surface area contributed by atoms with E-state index in [1.165, 1.54) is 12.0 Å². The molecule has 0 bridgehead atoms. The Morgan fingerprint density at radius 1 is 1.53 bits per heavy atom. The van der Waals surface area contributed by atoms with E-state index in [4.69, 9.17) is 15.7 Å². The fourth-order valence-electron chi connectivity index (χ4n) is 1.39. The van der Waals surface area contributed by atoms with Crippen LogP contribution in [0.5, 0.6) is 0 Å². The van der Waals surface area contributed by atoms with Crippen LogP contribution in [0.1, 0.15) is 5.56 Å². The summed E-state index contributed by atoms with van der Waals surface area (Å²) in [6.07, 6.45) is 0. The van der Waals surface area contributed by atoms with Crippen molar-refractivity contribution in [3.63, 3.8) is 0 Å². The van der Waals surface area contributed by atoms with Crippen LogP contribution < -0.4 is 10.6 Å². The number of nitrogens with two attached hydrogens (primary N) is 1. The van der Waals surface area contributed by atoms with E-state index in [1.54, 1.807) is 31.3 Å². The van der Waals surface area contributed by atoms with Crippen molar-refractivity contribution in [2.45, 2.75) is 0 Å². The molecular weight excluding hydrogens is 222 g/mol. The number of ether oxygens (including phenoxy) is 1. The zero-order valence-electron chi connectivity index (χ0n) is 9.75. The molecule has 1 aromatic rings. The quantitative estimate of drug-likeness (QED) is 0.343. The number of rotatable bonds is 4. The summed E-state index contributed by atoms with van der Waals surface area (Å²) < 4.78 is 4.77. The van der Waals surface area contributed by atoms with Gasteiger partial charge in [0, 0.05) is 19.7 Å². The highest BCUT2D eigenvalue weighted by Gasteiger charge is 2.15. The molecule has 0 spiro atoms. The number of likely N-dealkylation sites (N-methyl/N-ethyl adjacent to an activating group) is 1. The first-order valence-corrected chi connectivity index (χ1v) is 4.94. The van der Waals surface area contributed by atoms with Gasteiger partial charge in [0.15, 0.2) is 5.84 Å². The van der Waals surface area contributed by atoms with E-state index in [0.29, 0.717) is 11.3 Å². The summed E-state index contributed by atoms with van der Waals surface area (Å²) in [6, 6.07) is 6.88. The van der Waals surface area contributed by atoms with Gasteiger partial charge in [-0.25, -0.2) is 0 Å². The summed E-state index contributed by atoms with van der Waals surface area (Å²) in [5.41, 5.74) is 6.59. The molecule has 0 aliphatic rings. The maximum Gasteiger partial charge on any atom is 0.252 e. The molecular formula is C11H15N3O3. The van der Waals surface area contributed by atoms with Crippen LogP contribution in [0.3, 0.4) is 0 Å². The molecule has 6 heteroatoms. The Hall–Kier alpha value is -2.08. The topological polar surface area (TPSA) is 88.2 Å². The minimum Gasteiger partial charge on any atom is -0.409 e. The van der Waals surface area contributed by atoms with E-state index in [0.717, 1.165) is 0 Å². The number of nitrogens with zero attached hydrogens (tertiary/aromatic N) is 2. The summed E-state index contributed by atoms with van der Waals surface area (Å²) in [5.74, 6) is -0.261. The van der Waals surface area contributed by atoms with Crippen molar-refractivity contribution in [2.75, 3.05) is 25.7 Å². The van der Waals surface area contributed by atoms with Crippen molar-refractivity contribution >= 4 is 17.4 Å². The van der Waals surface area contributed by atoms with Crippen molar-refractivity contribution < 1.29 is 14.7 Å². The lowest BCUT2D eigenvalue weighted by atomic mass is 10.1. The molecule has 0 saturated carbocycles. The molecule has 0 saturated heterocycles. The Kier molecular flexibility index (Phi) is 4.47. The molecule has 92 valence electrons. The number of hydrogen-bond donors (Lipinski definition) is 2. The van der Waals surface area contributed by atoms with E-state index < -0.39 is 0 Å². The van der Waals surface area contributed by atoms with E-state index in [2.05, 4.69) is 5.16 Å². The van der Waals surface area contributed by atoms with Crippen LogP contribution in [0.2, 0.25) is 0 Å². The Bertz CT molecular complexity index is 432.